The van der Waals surface area contributed by atoms with Gasteiger partial charge in [-0.3, -0.25) is 4.99 Å². The monoisotopic (exact) mass is 463 g/mol. The maximum atomic E-state index is 5.74. The van der Waals surface area contributed by atoms with Gasteiger partial charge in [0.15, 0.2) is 5.96 Å². The van der Waals surface area contributed by atoms with E-state index in [1.165, 1.54) is 0 Å². The molecule has 1 unspecified atom stereocenters. The van der Waals surface area contributed by atoms with Crippen molar-refractivity contribution < 1.29 is 14.2 Å². The Morgan fingerprint density at radius 2 is 2.20 bits per heavy atom. The van der Waals surface area contributed by atoms with Gasteiger partial charge in [-0.2, -0.15) is 0 Å². The van der Waals surface area contributed by atoms with Crippen molar-refractivity contribution >= 4 is 29.9 Å². The van der Waals surface area contributed by atoms with E-state index in [4.69, 9.17) is 14.2 Å². The van der Waals surface area contributed by atoms with Gasteiger partial charge in [0.2, 0.25) is 0 Å². The number of guanidine groups is 1. The van der Waals surface area contributed by atoms with E-state index < -0.39 is 0 Å². The number of nitrogens with one attached hydrogen (secondary N) is 1. The lowest BCUT2D eigenvalue weighted by atomic mass is 10.1. The summed E-state index contributed by atoms with van der Waals surface area (Å²) < 4.78 is 16.4. The van der Waals surface area contributed by atoms with E-state index in [9.17, 15) is 0 Å². The molecule has 0 aliphatic carbocycles. The van der Waals surface area contributed by atoms with Crippen LogP contribution >= 0.6 is 24.0 Å². The fourth-order valence-electron chi connectivity index (χ4n) is 2.74. The molecule has 1 aromatic carbocycles. The van der Waals surface area contributed by atoms with Gasteiger partial charge in [-0.25, -0.2) is 0 Å². The third-order valence-corrected chi connectivity index (χ3v) is 4.04. The zero-order valence-electron chi connectivity index (χ0n) is 15.4. The molecule has 0 amide bonds. The second kappa shape index (κ2) is 12.2. The molecule has 25 heavy (non-hydrogen) atoms. The van der Waals surface area contributed by atoms with Gasteiger partial charge in [-0.05, 0) is 25.0 Å². The molecular weight excluding hydrogens is 433 g/mol. The van der Waals surface area contributed by atoms with E-state index in [1.54, 1.807) is 7.11 Å². The topological polar surface area (TPSA) is 55.3 Å². The average molecular weight is 463 g/mol. The van der Waals surface area contributed by atoms with Crippen LogP contribution in [0.3, 0.4) is 0 Å². The molecule has 0 aromatic heterocycles. The van der Waals surface area contributed by atoms with Crippen LogP contribution in [0.1, 0.15) is 12.8 Å². The molecule has 1 fully saturated rings. The fourth-order valence-corrected chi connectivity index (χ4v) is 2.74. The molecule has 6 nitrogen and oxygen atoms in total. The van der Waals surface area contributed by atoms with Crippen LogP contribution in [-0.2, 0) is 4.74 Å². The number of methoxy groups -OCH3 is 1. The standard InChI is InChI=1S/C18H29N3O3.HI/c1-19-18(21(2)13-15-8-11-23-14-15)20-9-5-10-24-17-7-4-6-16(12-17)22-3;/h4,6-7,12,15H,5,8-11,13-14H2,1-3H3,(H,19,20);1H. The van der Waals surface area contributed by atoms with E-state index in [0.717, 1.165) is 56.6 Å². The molecule has 0 saturated carbocycles. The SMILES string of the molecule is CN=C(NCCCOc1cccc(OC)c1)N(C)CC1CCOC1.I. The van der Waals surface area contributed by atoms with E-state index in [1.807, 2.05) is 31.3 Å². The summed E-state index contributed by atoms with van der Waals surface area (Å²) in [7, 11) is 5.54. The summed E-state index contributed by atoms with van der Waals surface area (Å²) in [5.41, 5.74) is 0. The molecule has 1 heterocycles. The van der Waals surface area contributed by atoms with Gasteiger partial charge >= 0.3 is 0 Å². The highest BCUT2D eigenvalue weighted by atomic mass is 127. The number of nitrogens with zero attached hydrogens (tertiary/aromatic N) is 2. The number of halogens is 1. The van der Waals surface area contributed by atoms with Crippen molar-refractivity contribution in [3.8, 4) is 11.5 Å². The minimum atomic E-state index is 0. The molecule has 0 bridgehead atoms. The van der Waals surface area contributed by atoms with Crippen molar-refractivity contribution in [3.05, 3.63) is 24.3 Å². The molecule has 1 aromatic rings. The summed E-state index contributed by atoms with van der Waals surface area (Å²) in [5, 5.41) is 3.38. The smallest absolute Gasteiger partial charge is 0.193 e. The lowest BCUT2D eigenvalue weighted by molar-refractivity contribution is 0.181. The molecule has 142 valence electrons. The largest absolute Gasteiger partial charge is 0.497 e. The summed E-state index contributed by atoms with van der Waals surface area (Å²) in [5.74, 6) is 3.16. The lowest BCUT2D eigenvalue weighted by Crippen LogP contribution is -2.42. The Kier molecular flexibility index (Phi) is 10.6. The lowest BCUT2D eigenvalue weighted by Gasteiger charge is -2.24. The molecular formula is C18H30IN3O3. The zero-order valence-corrected chi connectivity index (χ0v) is 17.7. The quantitative estimate of drug-likeness (QED) is 0.278. The molecule has 7 heteroatoms. The van der Waals surface area contributed by atoms with Crippen molar-refractivity contribution in [3.63, 3.8) is 0 Å². The summed E-state index contributed by atoms with van der Waals surface area (Å²) in [6, 6.07) is 7.66. The maximum absolute atomic E-state index is 5.74. The highest BCUT2D eigenvalue weighted by Crippen LogP contribution is 2.18. The fraction of sp³-hybridized carbons (Fsp3) is 0.611. The predicted molar refractivity (Wildman–Crippen MR) is 111 cm³/mol. The van der Waals surface area contributed by atoms with Gasteiger partial charge in [0.1, 0.15) is 11.5 Å². The highest BCUT2D eigenvalue weighted by Gasteiger charge is 2.18. The van der Waals surface area contributed by atoms with Crippen LogP contribution in [-0.4, -0.2) is 65.0 Å². The molecule has 0 spiro atoms. The minimum Gasteiger partial charge on any atom is -0.497 e. The number of hydrogen-bond donors (Lipinski definition) is 1. The Balaban J connectivity index is 0.00000312. The second-order valence-corrected chi connectivity index (χ2v) is 5.97. The Hall–Kier alpha value is -1.22. The third kappa shape index (κ3) is 7.68. The number of ether oxygens (including phenoxy) is 3. The number of aliphatic imine (C=N–C) groups is 1. The summed E-state index contributed by atoms with van der Waals surface area (Å²) >= 11 is 0. The van der Waals surface area contributed by atoms with Gasteiger partial charge in [-0.1, -0.05) is 6.07 Å². The Morgan fingerprint density at radius 1 is 1.40 bits per heavy atom. The summed E-state index contributed by atoms with van der Waals surface area (Å²) in [6.07, 6.45) is 2.03. The van der Waals surface area contributed by atoms with E-state index in [-0.39, 0.29) is 24.0 Å². The first-order chi connectivity index (χ1) is 11.7. The van der Waals surface area contributed by atoms with Crippen molar-refractivity contribution in [1.82, 2.24) is 10.2 Å². The van der Waals surface area contributed by atoms with Crippen LogP contribution in [0.15, 0.2) is 29.3 Å². The van der Waals surface area contributed by atoms with Gasteiger partial charge in [0.05, 0.1) is 20.3 Å². The van der Waals surface area contributed by atoms with Gasteiger partial charge in [0.25, 0.3) is 0 Å². The van der Waals surface area contributed by atoms with Crippen LogP contribution in [0.4, 0.5) is 0 Å². The van der Waals surface area contributed by atoms with Crippen molar-refractivity contribution in [2.45, 2.75) is 12.8 Å². The van der Waals surface area contributed by atoms with E-state index >= 15 is 0 Å². The molecule has 1 saturated heterocycles. The van der Waals surface area contributed by atoms with Crippen molar-refractivity contribution in [2.24, 2.45) is 10.9 Å². The molecule has 1 N–H and O–H groups in total. The van der Waals surface area contributed by atoms with Crippen LogP contribution in [0.25, 0.3) is 0 Å². The van der Waals surface area contributed by atoms with Crippen LogP contribution in [0.2, 0.25) is 0 Å². The maximum Gasteiger partial charge on any atom is 0.193 e. The average Bonchev–Trinajstić information content (AvgIpc) is 3.11. The normalized spacial score (nSPS) is 16.9. The Bertz CT molecular complexity index is 522. The molecule has 0 radical (unpaired) electrons. The summed E-state index contributed by atoms with van der Waals surface area (Å²) in [4.78, 5) is 6.51. The van der Waals surface area contributed by atoms with Gasteiger partial charge in [0, 0.05) is 45.8 Å². The summed E-state index contributed by atoms with van der Waals surface area (Å²) in [6.45, 7) is 4.18. The van der Waals surface area contributed by atoms with Crippen LogP contribution in [0.5, 0.6) is 11.5 Å². The van der Waals surface area contributed by atoms with Crippen molar-refractivity contribution in [2.75, 3.05) is 54.1 Å². The first-order valence-corrected chi connectivity index (χ1v) is 8.49. The molecule has 2 rings (SSSR count). The zero-order chi connectivity index (χ0) is 17.2. The minimum absolute atomic E-state index is 0. The van der Waals surface area contributed by atoms with Crippen LogP contribution in [0, 0.1) is 5.92 Å². The first kappa shape index (κ1) is 21.8. The number of rotatable bonds is 8. The Labute approximate surface area is 167 Å². The first-order valence-electron chi connectivity index (χ1n) is 8.49. The van der Waals surface area contributed by atoms with Gasteiger partial charge in [-0.15, -0.1) is 24.0 Å². The highest BCUT2D eigenvalue weighted by molar-refractivity contribution is 14.0. The second-order valence-electron chi connectivity index (χ2n) is 5.97. The predicted octanol–water partition coefficient (Wildman–Crippen LogP) is 2.63. The van der Waals surface area contributed by atoms with E-state index in [2.05, 4.69) is 22.3 Å². The molecule has 1 aliphatic rings. The number of benzene rings is 1. The van der Waals surface area contributed by atoms with Crippen LogP contribution < -0.4 is 14.8 Å². The van der Waals surface area contributed by atoms with Crippen molar-refractivity contribution in [1.29, 1.82) is 0 Å². The Morgan fingerprint density at radius 3 is 2.88 bits per heavy atom. The van der Waals surface area contributed by atoms with E-state index in [0.29, 0.717) is 12.5 Å². The molecule has 1 atom stereocenters. The van der Waals surface area contributed by atoms with Gasteiger partial charge < -0.3 is 24.4 Å². The molecule has 1 aliphatic heterocycles. The third-order valence-electron chi connectivity index (χ3n) is 4.04. The number of hydrogen-bond acceptors (Lipinski definition) is 4.